The number of rotatable bonds is 5. The average molecular weight is 289 g/mol. The van der Waals surface area contributed by atoms with Gasteiger partial charge in [0.05, 0.1) is 18.3 Å². The highest BCUT2D eigenvalue weighted by Crippen LogP contribution is 2.10. The number of benzene rings is 1. The predicted molar refractivity (Wildman–Crippen MR) is 77.1 cm³/mol. The molecule has 1 aromatic carbocycles. The zero-order chi connectivity index (χ0) is 15.4. The molecule has 0 bridgehead atoms. The van der Waals surface area contributed by atoms with E-state index in [0.717, 1.165) is 5.69 Å². The van der Waals surface area contributed by atoms with Crippen molar-refractivity contribution < 1.29 is 9.90 Å². The fourth-order valence-electron chi connectivity index (χ4n) is 1.90. The number of aryl methyl sites for hydroxylation is 1. The van der Waals surface area contributed by atoms with Crippen LogP contribution in [0.3, 0.4) is 0 Å². The molecular weight excluding hydrogens is 270 g/mol. The smallest absolute Gasteiger partial charge is 0.251 e. The Kier molecular flexibility index (Phi) is 4.64. The molecule has 0 radical (unpaired) electrons. The summed E-state index contributed by atoms with van der Waals surface area (Å²) in [4.78, 5) is 12.1. The average Bonchev–Trinajstić information content (AvgIpc) is 2.90. The summed E-state index contributed by atoms with van der Waals surface area (Å²) in [5, 5.41) is 23.3. The number of amides is 1. The Morgan fingerprint density at radius 3 is 2.48 bits per heavy atom. The first kappa shape index (κ1) is 15.1. The standard InChI is InChI=1S/C14H19N5O2/c1-9(2)13(8-20)15-14(21)11-4-6-12(7-5-11)19-10(3)16-17-18-19/h4-7,9,13,20H,8H2,1-3H3,(H,15,21). The third-order valence-corrected chi connectivity index (χ3v) is 3.32. The second kappa shape index (κ2) is 6.45. The maximum Gasteiger partial charge on any atom is 0.251 e. The van der Waals surface area contributed by atoms with E-state index in [1.54, 1.807) is 35.9 Å². The minimum atomic E-state index is -0.251. The molecule has 1 amide bonds. The Morgan fingerprint density at radius 1 is 1.33 bits per heavy atom. The summed E-state index contributed by atoms with van der Waals surface area (Å²) in [6.45, 7) is 5.62. The van der Waals surface area contributed by atoms with E-state index in [2.05, 4.69) is 20.8 Å². The van der Waals surface area contributed by atoms with Crippen LogP contribution in [0.25, 0.3) is 5.69 Å². The van der Waals surface area contributed by atoms with Gasteiger partial charge in [-0.2, -0.15) is 4.68 Å². The van der Waals surface area contributed by atoms with Crippen LogP contribution in [-0.4, -0.2) is 43.9 Å². The minimum Gasteiger partial charge on any atom is -0.394 e. The highest BCUT2D eigenvalue weighted by atomic mass is 16.3. The molecule has 1 aromatic heterocycles. The van der Waals surface area contributed by atoms with E-state index < -0.39 is 0 Å². The lowest BCUT2D eigenvalue weighted by atomic mass is 10.0. The van der Waals surface area contributed by atoms with Crippen molar-refractivity contribution in [2.45, 2.75) is 26.8 Å². The minimum absolute atomic E-state index is 0.0781. The molecule has 1 heterocycles. The number of nitrogens with zero attached hydrogens (tertiary/aromatic N) is 4. The fourth-order valence-corrected chi connectivity index (χ4v) is 1.90. The number of aromatic nitrogens is 4. The summed E-state index contributed by atoms with van der Waals surface area (Å²) in [7, 11) is 0. The highest BCUT2D eigenvalue weighted by Gasteiger charge is 2.16. The van der Waals surface area contributed by atoms with Gasteiger partial charge in [-0.25, -0.2) is 0 Å². The van der Waals surface area contributed by atoms with Gasteiger partial charge in [0, 0.05) is 5.56 Å². The molecule has 0 fully saturated rings. The van der Waals surface area contributed by atoms with E-state index in [0.29, 0.717) is 11.4 Å². The van der Waals surface area contributed by atoms with Gasteiger partial charge in [-0.05, 0) is 47.5 Å². The van der Waals surface area contributed by atoms with Crippen LogP contribution in [0, 0.1) is 12.8 Å². The Balaban J connectivity index is 2.12. The second-order valence-electron chi connectivity index (χ2n) is 5.19. The molecule has 0 aliphatic rings. The Bertz CT molecular complexity index is 606. The molecule has 2 rings (SSSR count). The molecule has 112 valence electrons. The van der Waals surface area contributed by atoms with E-state index >= 15 is 0 Å². The monoisotopic (exact) mass is 289 g/mol. The molecule has 0 aliphatic heterocycles. The molecule has 0 saturated carbocycles. The molecule has 1 unspecified atom stereocenters. The van der Waals surface area contributed by atoms with Gasteiger partial charge in [0.1, 0.15) is 0 Å². The summed E-state index contributed by atoms with van der Waals surface area (Å²) in [6, 6.07) is 6.73. The molecule has 7 nitrogen and oxygen atoms in total. The Morgan fingerprint density at radius 2 is 2.00 bits per heavy atom. The molecule has 2 aromatic rings. The lowest BCUT2D eigenvalue weighted by molar-refractivity contribution is 0.0897. The van der Waals surface area contributed by atoms with Crippen LogP contribution in [0.4, 0.5) is 0 Å². The normalized spacial score (nSPS) is 12.4. The van der Waals surface area contributed by atoms with Crippen LogP contribution >= 0.6 is 0 Å². The number of hydrogen-bond donors (Lipinski definition) is 2. The predicted octanol–water partition coefficient (Wildman–Crippen LogP) is 0.717. The third kappa shape index (κ3) is 3.43. The first-order valence-electron chi connectivity index (χ1n) is 6.80. The number of hydrogen-bond acceptors (Lipinski definition) is 5. The number of carbonyl (C=O) groups excluding carboxylic acids is 1. The molecule has 1 atom stereocenters. The molecule has 7 heteroatoms. The van der Waals surface area contributed by atoms with Crippen molar-refractivity contribution in [3.8, 4) is 5.69 Å². The van der Waals surface area contributed by atoms with Crippen molar-refractivity contribution in [1.82, 2.24) is 25.5 Å². The van der Waals surface area contributed by atoms with Gasteiger partial charge in [0.2, 0.25) is 0 Å². The van der Waals surface area contributed by atoms with Gasteiger partial charge >= 0.3 is 0 Å². The van der Waals surface area contributed by atoms with Gasteiger partial charge < -0.3 is 10.4 Å². The third-order valence-electron chi connectivity index (χ3n) is 3.32. The largest absolute Gasteiger partial charge is 0.394 e. The van der Waals surface area contributed by atoms with E-state index in [1.165, 1.54) is 0 Å². The van der Waals surface area contributed by atoms with Crippen LogP contribution in [0.1, 0.15) is 30.0 Å². The molecule has 0 aliphatic carbocycles. The number of carbonyl (C=O) groups is 1. The summed E-state index contributed by atoms with van der Waals surface area (Å²) in [6.07, 6.45) is 0. The molecular formula is C14H19N5O2. The van der Waals surface area contributed by atoms with Gasteiger partial charge in [0.15, 0.2) is 5.82 Å². The van der Waals surface area contributed by atoms with Gasteiger partial charge in [0.25, 0.3) is 5.91 Å². The van der Waals surface area contributed by atoms with Gasteiger partial charge in [-0.1, -0.05) is 13.8 Å². The van der Waals surface area contributed by atoms with Crippen molar-refractivity contribution in [3.63, 3.8) is 0 Å². The molecule has 2 N–H and O–H groups in total. The number of aliphatic hydroxyl groups is 1. The Labute approximate surface area is 123 Å². The van der Waals surface area contributed by atoms with Crippen molar-refractivity contribution in [2.75, 3.05) is 6.61 Å². The molecule has 0 saturated heterocycles. The molecule has 21 heavy (non-hydrogen) atoms. The maximum absolute atomic E-state index is 12.1. The van der Waals surface area contributed by atoms with E-state index in [9.17, 15) is 9.90 Å². The summed E-state index contributed by atoms with van der Waals surface area (Å²) < 4.78 is 1.59. The first-order valence-corrected chi connectivity index (χ1v) is 6.80. The van der Waals surface area contributed by atoms with Crippen molar-refractivity contribution >= 4 is 5.91 Å². The fraction of sp³-hybridized carbons (Fsp3) is 0.429. The number of aliphatic hydroxyl groups excluding tert-OH is 1. The van der Waals surface area contributed by atoms with Crippen LogP contribution in [0.15, 0.2) is 24.3 Å². The van der Waals surface area contributed by atoms with E-state index in [4.69, 9.17) is 0 Å². The second-order valence-corrected chi connectivity index (χ2v) is 5.19. The highest BCUT2D eigenvalue weighted by molar-refractivity contribution is 5.94. The lowest BCUT2D eigenvalue weighted by Gasteiger charge is -2.19. The summed E-state index contributed by atoms with van der Waals surface area (Å²) in [5.74, 6) is 0.636. The topological polar surface area (TPSA) is 92.9 Å². The van der Waals surface area contributed by atoms with Crippen molar-refractivity contribution in [1.29, 1.82) is 0 Å². The van der Waals surface area contributed by atoms with E-state index in [-0.39, 0.29) is 24.5 Å². The van der Waals surface area contributed by atoms with Crippen LogP contribution in [0.2, 0.25) is 0 Å². The lowest BCUT2D eigenvalue weighted by Crippen LogP contribution is -2.41. The zero-order valence-electron chi connectivity index (χ0n) is 12.3. The quantitative estimate of drug-likeness (QED) is 0.846. The van der Waals surface area contributed by atoms with Crippen LogP contribution in [-0.2, 0) is 0 Å². The van der Waals surface area contributed by atoms with Gasteiger partial charge in [-0.3, -0.25) is 4.79 Å². The first-order chi connectivity index (χ1) is 10.0. The number of nitrogens with one attached hydrogen (secondary N) is 1. The number of tetrazole rings is 1. The molecule has 0 spiro atoms. The van der Waals surface area contributed by atoms with Gasteiger partial charge in [-0.15, -0.1) is 5.10 Å². The van der Waals surface area contributed by atoms with E-state index in [1.807, 2.05) is 13.8 Å². The summed E-state index contributed by atoms with van der Waals surface area (Å²) in [5.41, 5.74) is 1.32. The van der Waals surface area contributed by atoms with Crippen LogP contribution in [0.5, 0.6) is 0 Å². The Hall–Kier alpha value is -2.28. The zero-order valence-corrected chi connectivity index (χ0v) is 12.3. The summed E-state index contributed by atoms with van der Waals surface area (Å²) >= 11 is 0. The van der Waals surface area contributed by atoms with Crippen LogP contribution < -0.4 is 5.32 Å². The SMILES string of the molecule is Cc1nnnn1-c1ccc(C(=O)NC(CO)C(C)C)cc1. The van der Waals surface area contributed by atoms with Crippen molar-refractivity contribution in [2.24, 2.45) is 5.92 Å². The van der Waals surface area contributed by atoms with Crippen molar-refractivity contribution in [3.05, 3.63) is 35.7 Å². The maximum atomic E-state index is 12.1.